The second kappa shape index (κ2) is 10.5. The fourth-order valence-electron chi connectivity index (χ4n) is 3.73. The third-order valence-corrected chi connectivity index (χ3v) is 5.13. The van der Waals surface area contributed by atoms with Gasteiger partial charge in [-0.2, -0.15) is 0 Å². The Morgan fingerprint density at radius 2 is 1.28 bits per heavy atom. The van der Waals surface area contributed by atoms with Crippen LogP contribution < -0.4 is 9.47 Å². The third-order valence-electron chi connectivity index (χ3n) is 5.13. The van der Waals surface area contributed by atoms with Gasteiger partial charge in [0, 0.05) is 0 Å². The maximum atomic E-state index is 11.4. The maximum absolute atomic E-state index is 11.4. The summed E-state index contributed by atoms with van der Waals surface area (Å²) in [4.78, 5) is 0. The Morgan fingerprint density at radius 3 is 1.76 bits per heavy atom. The van der Waals surface area contributed by atoms with Crippen molar-refractivity contribution < 1.29 is 19.3 Å². The van der Waals surface area contributed by atoms with Crippen LogP contribution in [-0.4, -0.2) is 37.1 Å². The lowest BCUT2D eigenvalue weighted by atomic mass is 9.87. The molecular formula is C25H32O4. The summed E-state index contributed by atoms with van der Waals surface area (Å²) < 4.78 is 17.5. The fourth-order valence-corrected chi connectivity index (χ4v) is 3.73. The molecule has 1 N–H and O–H groups in total. The van der Waals surface area contributed by atoms with Gasteiger partial charge in [-0.15, -0.1) is 0 Å². The highest BCUT2D eigenvalue weighted by atomic mass is 16.5. The number of benzene rings is 2. The van der Waals surface area contributed by atoms with Crippen molar-refractivity contribution in [2.75, 3.05) is 26.4 Å². The van der Waals surface area contributed by atoms with Crippen molar-refractivity contribution in [1.82, 2.24) is 0 Å². The van der Waals surface area contributed by atoms with Crippen molar-refractivity contribution in [3.05, 3.63) is 71.3 Å². The minimum atomic E-state index is -0.876. The second-order valence-corrected chi connectivity index (χ2v) is 7.85. The van der Waals surface area contributed by atoms with Gasteiger partial charge in [0.15, 0.2) is 0 Å². The summed E-state index contributed by atoms with van der Waals surface area (Å²) in [6.07, 6.45) is 4.76. The highest BCUT2D eigenvalue weighted by molar-refractivity contribution is 5.35. The number of aryl methyl sites for hydroxylation is 2. The molecule has 0 saturated heterocycles. The number of hydrogen-bond donors (Lipinski definition) is 1. The molecule has 1 aliphatic heterocycles. The zero-order chi connectivity index (χ0) is 20.5. The number of hydrogen-bond acceptors (Lipinski definition) is 4. The molecule has 0 spiro atoms. The van der Waals surface area contributed by atoms with E-state index in [1.54, 1.807) is 0 Å². The highest BCUT2D eigenvalue weighted by Gasteiger charge is 2.25. The van der Waals surface area contributed by atoms with Crippen LogP contribution in [0, 0.1) is 0 Å². The van der Waals surface area contributed by atoms with E-state index >= 15 is 0 Å². The van der Waals surface area contributed by atoms with E-state index in [9.17, 15) is 5.11 Å². The normalized spacial score (nSPS) is 17.8. The van der Waals surface area contributed by atoms with E-state index in [4.69, 9.17) is 14.2 Å². The second-order valence-electron chi connectivity index (χ2n) is 7.85. The summed E-state index contributed by atoms with van der Waals surface area (Å²) in [5.74, 6) is 1.73. The van der Waals surface area contributed by atoms with Gasteiger partial charge in [-0.25, -0.2) is 0 Å². The first kappa shape index (κ1) is 21.4. The van der Waals surface area contributed by atoms with E-state index in [1.165, 1.54) is 0 Å². The van der Waals surface area contributed by atoms with Gasteiger partial charge in [0.2, 0.25) is 0 Å². The van der Waals surface area contributed by atoms with Crippen molar-refractivity contribution in [3.8, 4) is 11.5 Å². The van der Waals surface area contributed by atoms with E-state index in [0.29, 0.717) is 39.3 Å². The Hall–Kier alpha value is -2.30. The molecule has 3 rings (SSSR count). The summed E-state index contributed by atoms with van der Waals surface area (Å²) in [5.41, 5.74) is 2.47. The number of ether oxygens (including phenoxy) is 3. The lowest BCUT2D eigenvalue weighted by Crippen LogP contribution is -2.28. The number of rotatable bonds is 1. The van der Waals surface area contributed by atoms with Gasteiger partial charge in [0.05, 0.1) is 18.8 Å². The molecule has 0 aliphatic carbocycles. The zero-order valence-corrected chi connectivity index (χ0v) is 17.5. The molecule has 4 nitrogen and oxygen atoms in total. The van der Waals surface area contributed by atoms with E-state index in [-0.39, 0.29) is 0 Å². The first-order chi connectivity index (χ1) is 14.1. The van der Waals surface area contributed by atoms with Gasteiger partial charge < -0.3 is 19.3 Å². The van der Waals surface area contributed by atoms with E-state index in [1.807, 2.05) is 56.3 Å². The Kier molecular flexibility index (Phi) is 7.73. The molecule has 0 aromatic heterocycles. The van der Waals surface area contributed by atoms with Gasteiger partial charge in [-0.3, -0.25) is 0 Å². The van der Waals surface area contributed by atoms with Gasteiger partial charge >= 0.3 is 0 Å². The molecule has 0 fully saturated rings. The Labute approximate surface area is 174 Å². The minimum absolute atomic E-state index is 0.492. The molecule has 156 valence electrons. The molecule has 0 amide bonds. The van der Waals surface area contributed by atoms with Gasteiger partial charge in [-0.1, -0.05) is 48.0 Å². The summed E-state index contributed by atoms with van der Waals surface area (Å²) >= 11 is 0. The van der Waals surface area contributed by atoms with E-state index in [0.717, 1.165) is 41.0 Å². The van der Waals surface area contributed by atoms with E-state index in [2.05, 4.69) is 12.1 Å². The first-order valence-corrected chi connectivity index (χ1v) is 10.4. The Bertz CT molecular complexity index is 752. The molecule has 1 aliphatic rings. The molecule has 0 bridgehead atoms. The van der Waals surface area contributed by atoms with Crippen molar-refractivity contribution in [2.45, 2.75) is 45.1 Å². The van der Waals surface area contributed by atoms with Crippen LogP contribution in [0.15, 0.2) is 60.2 Å². The zero-order valence-electron chi connectivity index (χ0n) is 17.5. The maximum Gasteiger partial charge on any atom is 0.122 e. The summed E-state index contributed by atoms with van der Waals surface area (Å²) in [6.45, 7) is 6.08. The van der Waals surface area contributed by atoms with Crippen LogP contribution in [-0.2, 0) is 17.6 Å². The number of allylic oxidation sites excluding steroid dienone is 1. The summed E-state index contributed by atoms with van der Waals surface area (Å²) in [5, 5.41) is 11.4. The Balaban J connectivity index is 1.84. The van der Waals surface area contributed by atoms with Crippen molar-refractivity contribution >= 4 is 0 Å². The molecule has 2 aromatic rings. The molecular weight excluding hydrogens is 364 g/mol. The van der Waals surface area contributed by atoms with Crippen LogP contribution in [0.4, 0.5) is 0 Å². The smallest absolute Gasteiger partial charge is 0.122 e. The van der Waals surface area contributed by atoms with Crippen molar-refractivity contribution in [1.29, 1.82) is 0 Å². The lowest BCUT2D eigenvalue weighted by Gasteiger charge is -2.27. The lowest BCUT2D eigenvalue weighted by molar-refractivity contribution is 0.0678. The first-order valence-electron chi connectivity index (χ1n) is 10.4. The average molecular weight is 397 g/mol. The van der Waals surface area contributed by atoms with Crippen molar-refractivity contribution in [2.24, 2.45) is 0 Å². The van der Waals surface area contributed by atoms with Gasteiger partial charge in [-0.05, 0) is 62.8 Å². The standard InChI is InChI=1S/C25H32O4/c1-20(2)19-25(26)13-11-21-7-3-5-9-23(21)28-17-15-27-16-18-29-24-10-6-4-8-22(24)12-14-25/h3-10,19,26H,11-18H2,1-2H3. The minimum Gasteiger partial charge on any atom is -0.491 e. The van der Waals surface area contributed by atoms with Crippen LogP contribution in [0.1, 0.15) is 37.8 Å². The number of aliphatic hydroxyl groups is 1. The number of fused-ring (bicyclic) bond motifs is 2. The third kappa shape index (κ3) is 6.62. The van der Waals surface area contributed by atoms with Gasteiger partial charge in [0.25, 0.3) is 0 Å². The summed E-state index contributed by atoms with van der Waals surface area (Å²) in [6, 6.07) is 16.1. The topological polar surface area (TPSA) is 47.9 Å². The highest BCUT2D eigenvalue weighted by Crippen LogP contribution is 2.29. The predicted molar refractivity (Wildman–Crippen MR) is 116 cm³/mol. The SMILES string of the molecule is CC(C)=CC1(O)CCc2ccccc2OCCOCCOc2ccccc2CC1. The van der Waals surface area contributed by atoms with Crippen molar-refractivity contribution in [3.63, 3.8) is 0 Å². The molecule has 29 heavy (non-hydrogen) atoms. The van der Waals surface area contributed by atoms with Crippen LogP contribution in [0.5, 0.6) is 11.5 Å². The fraction of sp³-hybridized carbons (Fsp3) is 0.440. The quantitative estimate of drug-likeness (QED) is 0.708. The Morgan fingerprint density at radius 1 is 0.793 bits per heavy atom. The molecule has 4 heteroatoms. The monoisotopic (exact) mass is 396 g/mol. The van der Waals surface area contributed by atoms with Crippen LogP contribution in [0.25, 0.3) is 0 Å². The molecule has 2 aromatic carbocycles. The molecule has 0 saturated carbocycles. The van der Waals surface area contributed by atoms with Gasteiger partial charge in [0.1, 0.15) is 24.7 Å². The van der Waals surface area contributed by atoms with Crippen LogP contribution in [0.3, 0.4) is 0 Å². The molecule has 0 atom stereocenters. The van der Waals surface area contributed by atoms with Crippen LogP contribution in [0.2, 0.25) is 0 Å². The molecule has 0 unspecified atom stereocenters. The molecule has 1 heterocycles. The average Bonchev–Trinajstić information content (AvgIpc) is 2.70. The number of para-hydroxylation sites is 2. The van der Waals surface area contributed by atoms with E-state index < -0.39 is 5.60 Å². The van der Waals surface area contributed by atoms with Crippen LogP contribution >= 0.6 is 0 Å². The summed E-state index contributed by atoms with van der Waals surface area (Å²) in [7, 11) is 0. The largest absolute Gasteiger partial charge is 0.491 e. The molecule has 0 radical (unpaired) electrons. The predicted octanol–water partition coefficient (Wildman–Crippen LogP) is 4.74.